The summed E-state index contributed by atoms with van der Waals surface area (Å²) in [5.74, 6) is 0.627. The van der Waals surface area contributed by atoms with Crippen molar-refractivity contribution in [3.63, 3.8) is 0 Å². The minimum atomic E-state index is -0.0684. The van der Waals surface area contributed by atoms with Gasteiger partial charge in [-0.25, -0.2) is 4.98 Å². The molecule has 0 aromatic carbocycles. The third-order valence-electron chi connectivity index (χ3n) is 2.77. The van der Waals surface area contributed by atoms with Gasteiger partial charge in [-0.1, -0.05) is 13.3 Å². The number of aromatic amines is 1. The van der Waals surface area contributed by atoms with Crippen LogP contribution in [0.5, 0.6) is 0 Å². The lowest BCUT2D eigenvalue weighted by atomic mass is 10.1. The van der Waals surface area contributed by atoms with Crippen molar-refractivity contribution in [2.75, 3.05) is 0 Å². The summed E-state index contributed by atoms with van der Waals surface area (Å²) < 4.78 is 0.686. The Morgan fingerprint density at radius 2 is 1.84 bits per heavy atom. The van der Waals surface area contributed by atoms with Crippen molar-refractivity contribution in [2.45, 2.75) is 33.6 Å². The SMILES string of the molecule is CCCc1nc(-c2cc(C)nc(C)c2)[nH]c(=O)c1I. The lowest BCUT2D eigenvalue weighted by Gasteiger charge is -2.07. The highest BCUT2D eigenvalue weighted by atomic mass is 127. The summed E-state index contributed by atoms with van der Waals surface area (Å²) in [5, 5.41) is 0. The summed E-state index contributed by atoms with van der Waals surface area (Å²) in [6, 6.07) is 3.88. The summed E-state index contributed by atoms with van der Waals surface area (Å²) in [5.41, 5.74) is 3.56. The lowest BCUT2D eigenvalue weighted by molar-refractivity contribution is 0.860. The molecule has 2 heterocycles. The van der Waals surface area contributed by atoms with Gasteiger partial charge in [0.15, 0.2) is 0 Å². The van der Waals surface area contributed by atoms with Crippen LogP contribution in [-0.4, -0.2) is 15.0 Å². The zero-order valence-electron chi connectivity index (χ0n) is 11.2. The molecule has 2 aromatic heterocycles. The first kappa shape index (κ1) is 14.2. The van der Waals surface area contributed by atoms with Crippen LogP contribution in [0.4, 0.5) is 0 Å². The van der Waals surface area contributed by atoms with Crippen molar-refractivity contribution in [1.82, 2.24) is 15.0 Å². The number of aromatic nitrogens is 3. The van der Waals surface area contributed by atoms with Crippen molar-refractivity contribution in [2.24, 2.45) is 0 Å². The number of pyridine rings is 1. The molecule has 0 bridgehead atoms. The van der Waals surface area contributed by atoms with Crippen LogP contribution in [-0.2, 0) is 6.42 Å². The van der Waals surface area contributed by atoms with Gasteiger partial charge < -0.3 is 4.98 Å². The molecule has 19 heavy (non-hydrogen) atoms. The Balaban J connectivity index is 2.59. The van der Waals surface area contributed by atoms with E-state index in [0.29, 0.717) is 9.39 Å². The first-order chi connectivity index (χ1) is 9.01. The maximum absolute atomic E-state index is 12.0. The molecule has 0 atom stereocenters. The van der Waals surface area contributed by atoms with Gasteiger partial charge in [0.25, 0.3) is 5.56 Å². The van der Waals surface area contributed by atoms with E-state index in [4.69, 9.17) is 0 Å². The molecule has 0 saturated carbocycles. The molecular weight excluding hydrogens is 353 g/mol. The first-order valence-corrected chi connectivity index (χ1v) is 7.33. The van der Waals surface area contributed by atoms with Crippen LogP contribution in [0.25, 0.3) is 11.4 Å². The average molecular weight is 369 g/mol. The Morgan fingerprint density at radius 3 is 2.42 bits per heavy atom. The summed E-state index contributed by atoms with van der Waals surface area (Å²) in [4.78, 5) is 23.7. The van der Waals surface area contributed by atoms with Gasteiger partial charge in [0.05, 0.1) is 9.26 Å². The minimum absolute atomic E-state index is 0.0684. The third-order valence-corrected chi connectivity index (χ3v) is 3.89. The molecule has 0 saturated heterocycles. The average Bonchev–Trinajstić information content (AvgIpc) is 2.33. The highest BCUT2D eigenvalue weighted by molar-refractivity contribution is 14.1. The third kappa shape index (κ3) is 3.20. The lowest BCUT2D eigenvalue weighted by Crippen LogP contribution is -2.16. The van der Waals surface area contributed by atoms with Gasteiger partial charge in [0, 0.05) is 17.0 Å². The topological polar surface area (TPSA) is 58.6 Å². The van der Waals surface area contributed by atoms with Crippen molar-refractivity contribution in [3.8, 4) is 11.4 Å². The van der Waals surface area contributed by atoms with Gasteiger partial charge in [-0.15, -0.1) is 0 Å². The second kappa shape index (κ2) is 5.81. The largest absolute Gasteiger partial charge is 0.306 e. The number of aryl methyl sites for hydroxylation is 3. The number of hydrogen-bond acceptors (Lipinski definition) is 3. The molecule has 5 heteroatoms. The molecule has 100 valence electrons. The fraction of sp³-hybridized carbons (Fsp3) is 0.357. The van der Waals surface area contributed by atoms with E-state index in [1.54, 1.807) is 0 Å². The highest BCUT2D eigenvalue weighted by Crippen LogP contribution is 2.18. The van der Waals surface area contributed by atoms with Crippen LogP contribution in [0.2, 0.25) is 0 Å². The molecule has 0 aliphatic heterocycles. The number of halogens is 1. The Bertz CT molecular complexity index is 644. The van der Waals surface area contributed by atoms with E-state index < -0.39 is 0 Å². The Labute approximate surface area is 125 Å². The van der Waals surface area contributed by atoms with Crippen LogP contribution in [0.1, 0.15) is 30.4 Å². The normalized spacial score (nSPS) is 10.7. The molecule has 0 unspecified atom stereocenters. The fourth-order valence-electron chi connectivity index (χ4n) is 2.02. The smallest absolute Gasteiger partial charge is 0.264 e. The van der Waals surface area contributed by atoms with Gasteiger partial charge in [-0.05, 0) is 55.0 Å². The molecule has 0 aliphatic rings. The number of nitrogens with zero attached hydrogens (tertiary/aromatic N) is 2. The molecule has 0 amide bonds. The second-order valence-corrected chi connectivity index (χ2v) is 5.64. The van der Waals surface area contributed by atoms with E-state index in [2.05, 4.69) is 44.5 Å². The fourth-order valence-corrected chi connectivity index (χ4v) is 2.54. The van der Waals surface area contributed by atoms with E-state index in [1.807, 2.05) is 26.0 Å². The number of H-pyrrole nitrogens is 1. The zero-order valence-corrected chi connectivity index (χ0v) is 13.4. The van der Waals surface area contributed by atoms with Crippen molar-refractivity contribution >= 4 is 22.6 Å². The summed E-state index contributed by atoms with van der Waals surface area (Å²) in [6.07, 6.45) is 1.79. The van der Waals surface area contributed by atoms with E-state index in [1.165, 1.54) is 0 Å². The van der Waals surface area contributed by atoms with Crippen molar-refractivity contribution < 1.29 is 0 Å². The number of hydrogen-bond donors (Lipinski definition) is 1. The van der Waals surface area contributed by atoms with Gasteiger partial charge in [-0.2, -0.15) is 0 Å². The van der Waals surface area contributed by atoms with Gasteiger partial charge in [0.2, 0.25) is 0 Å². The predicted molar refractivity (Wildman–Crippen MR) is 84.3 cm³/mol. The molecule has 2 aromatic rings. The molecule has 0 radical (unpaired) electrons. The van der Waals surface area contributed by atoms with Crippen molar-refractivity contribution in [1.29, 1.82) is 0 Å². The van der Waals surface area contributed by atoms with Crippen LogP contribution in [0.15, 0.2) is 16.9 Å². The predicted octanol–water partition coefficient (Wildman–Crippen LogP) is 3.01. The van der Waals surface area contributed by atoms with Crippen LogP contribution < -0.4 is 5.56 Å². The van der Waals surface area contributed by atoms with Gasteiger partial charge in [-0.3, -0.25) is 9.78 Å². The number of nitrogens with one attached hydrogen (secondary N) is 1. The Kier molecular flexibility index (Phi) is 4.34. The molecule has 0 spiro atoms. The highest BCUT2D eigenvalue weighted by Gasteiger charge is 2.10. The first-order valence-electron chi connectivity index (χ1n) is 6.25. The summed E-state index contributed by atoms with van der Waals surface area (Å²) in [7, 11) is 0. The maximum Gasteiger partial charge on any atom is 0.264 e. The molecule has 2 rings (SSSR count). The van der Waals surface area contributed by atoms with E-state index in [9.17, 15) is 4.79 Å². The van der Waals surface area contributed by atoms with E-state index in [-0.39, 0.29) is 5.56 Å². The minimum Gasteiger partial charge on any atom is -0.306 e. The number of rotatable bonds is 3. The second-order valence-electron chi connectivity index (χ2n) is 4.56. The van der Waals surface area contributed by atoms with Crippen LogP contribution in [0.3, 0.4) is 0 Å². The van der Waals surface area contributed by atoms with Gasteiger partial charge in [0.1, 0.15) is 5.82 Å². The molecule has 0 fully saturated rings. The van der Waals surface area contributed by atoms with Crippen molar-refractivity contribution in [3.05, 3.63) is 43.1 Å². The Hall–Kier alpha value is -1.24. The summed E-state index contributed by atoms with van der Waals surface area (Å²) >= 11 is 2.06. The molecule has 4 nitrogen and oxygen atoms in total. The standard InChI is InChI=1S/C14H16IN3O/c1-4-5-11-12(15)14(19)18-13(17-11)10-6-8(2)16-9(3)7-10/h6-7H,4-5H2,1-3H3,(H,17,18,19). The van der Waals surface area contributed by atoms with E-state index >= 15 is 0 Å². The maximum atomic E-state index is 12.0. The Morgan fingerprint density at radius 1 is 1.21 bits per heavy atom. The zero-order chi connectivity index (χ0) is 14.0. The van der Waals surface area contributed by atoms with Gasteiger partial charge >= 0.3 is 0 Å². The molecular formula is C14H16IN3O. The molecule has 1 N–H and O–H groups in total. The van der Waals surface area contributed by atoms with E-state index in [0.717, 1.165) is 35.5 Å². The molecule has 0 aliphatic carbocycles. The van der Waals surface area contributed by atoms with Crippen LogP contribution in [0, 0.1) is 17.4 Å². The monoisotopic (exact) mass is 369 g/mol. The quantitative estimate of drug-likeness (QED) is 0.847. The van der Waals surface area contributed by atoms with Crippen LogP contribution >= 0.6 is 22.6 Å². The summed E-state index contributed by atoms with van der Waals surface area (Å²) in [6.45, 7) is 5.96.